The van der Waals surface area contributed by atoms with E-state index in [2.05, 4.69) is 35.9 Å². The third kappa shape index (κ3) is 1.83. The average molecular weight is 311 g/mol. The standard InChI is InChI=1S/C18H17NO2S/c1-19-16-7-5-11(20-2)8-14(16)15-10-22-17-9-12(21-3)4-6-13(17)18(15)19/h4-9H,10H2,1-3H3. The summed E-state index contributed by atoms with van der Waals surface area (Å²) in [4.78, 5) is 1.28. The molecule has 4 heteroatoms. The molecule has 2 aromatic carbocycles. The Morgan fingerprint density at radius 2 is 1.73 bits per heavy atom. The summed E-state index contributed by atoms with van der Waals surface area (Å²) in [5, 5.41) is 1.28. The second-order valence-electron chi connectivity index (χ2n) is 5.42. The van der Waals surface area contributed by atoms with E-state index in [1.165, 1.54) is 32.6 Å². The molecule has 2 heterocycles. The van der Waals surface area contributed by atoms with Gasteiger partial charge < -0.3 is 14.0 Å². The fourth-order valence-corrected chi connectivity index (χ4v) is 4.32. The van der Waals surface area contributed by atoms with Crippen molar-refractivity contribution in [3.05, 3.63) is 42.0 Å². The second kappa shape index (κ2) is 4.99. The Labute approximate surface area is 133 Å². The van der Waals surface area contributed by atoms with Gasteiger partial charge in [-0.1, -0.05) is 0 Å². The number of thioether (sulfide) groups is 1. The van der Waals surface area contributed by atoms with Gasteiger partial charge in [-0.25, -0.2) is 0 Å². The van der Waals surface area contributed by atoms with Crippen molar-refractivity contribution < 1.29 is 9.47 Å². The maximum Gasteiger partial charge on any atom is 0.120 e. The maximum absolute atomic E-state index is 5.39. The Bertz CT molecular complexity index is 882. The van der Waals surface area contributed by atoms with Crippen LogP contribution in [0, 0.1) is 0 Å². The monoisotopic (exact) mass is 311 g/mol. The average Bonchev–Trinajstić information content (AvgIpc) is 2.86. The highest BCUT2D eigenvalue weighted by atomic mass is 32.2. The van der Waals surface area contributed by atoms with Crippen LogP contribution in [0.5, 0.6) is 11.5 Å². The number of aromatic nitrogens is 1. The first-order chi connectivity index (χ1) is 10.7. The topological polar surface area (TPSA) is 23.4 Å². The molecule has 0 atom stereocenters. The molecule has 112 valence electrons. The highest BCUT2D eigenvalue weighted by Gasteiger charge is 2.24. The van der Waals surface area contributed by atoms with Crippen LogP contribution in [-0.2, 0) is 12.8 Å². The van der Waals surface area contributed by atoms with Gasteiger partial charge in [-0.3, -0.25) is 0 Å². The summed E-state index contributed by atoms with van der Waals surface area (Å²) < 4.78 is 13.0. The first kappa shape index (κ1) is 13.6. The van der Waals surface area contributed by atoms with Crippen LogP contribution in [0.2, 0.25) is 0 Å². The Kier molecular flexibility index (Phi) is 3.08. The van der Waals surface area contributed by atoms with E-state index in [1.54, 1.807) is 14.2 Å². The van der Waals surface area contributed by atoms with Crippen LogP contribution in [0.25, 0.3) is 22.2 Å². The van der Waals surface area contributed by atoms with Gasteiger partial charge in [0.15, 0.2) is 0 Å². The largest absolute Gasteiger partial charge is 0.497 e. The van der Waals surface area contributed by atoms with E-state index in [0.717, 1.165) is 17.3 Å². The fourth-order valence-electron chi connectivity index (χ4n) is 3.21. The number of hydrogen-bond acceptors (Lipinski definition) is 3. The van der Waals surface area contributed by atoms with Gasteiger partial charge in [0.2, 0.25) is 0 Å². The number of ether oxygens (including phenoxy) is 2. The SMILES string of the molecule is COc1ccc2c(c1)SCc1c-2n(C)c2ccc(OC)cc12. The molecular formula is C18H17NO2S. The molecular weight excluding hydrogens is 294 g/mol. The lowest BCUT2D eigenvalue weighted by molar-refractivity contribution is 0.414. The predicted octanol–water partition coefficient (Wildman–Crippen LogP) is 4.47. The first-order valence-electron chi connectivity index (χ1n) is 7.19. The molecule has 0 N–H and O–H groups in total. The summed E-state index contributed by atoms with van der Waals surface area (Å²) >= 11 is 1.87. The zero-order valence-corrected chi connectivity index (χ0v) is 13.7. The van der Waals surface area contributed by atoms with Crippen molar-refractivity contribution >= 4 is 22.7 Å². The van der Waals surface area contributed by atoms with E-state index >= 15 is 0 Å². The van der Waals surface area contributed by atoms with Gasteiger partial charge in [-0.05, 0) is 42.0 Å². The van der Waals surface area contributed by atoms with Crippen molar-refractivity contribution in [1.82, 2.24) is 4.57 Å². The lowest BCUT2D eigenvalue weighted by Crippen LogP contribution is -1.99. The Balaban J connectivity index is 2.00. The lowest BCUT2D eigenvalue weighted by Gasteiger charge is -2.18. The van der Waals surface area contributed by atoms with Crippen LogP contribution in [0.1, 0.15) is 5.56 Å². The molecule has 0 fully saturated rings. The van der Waals surface area contributed by atoms with Crippen LogP contribution < -0.4 is 9.47 Å². The molecule has 0 aliphatic carbocycles. The molecule has 0 unspecified atom stereocenters. The Morgan fingerprint density at radius 1 is 1.00 bits per heavy atom. The Hall–Kier alpha value is -2.07. The van der Waals surface area contributed by atoms with Gasteiger partial charge >= 0.3 is 0 Å². The van der Waals surface area contributed by atoms with Crippen LogP contribution in [-0.4, -0.2) is 18.8 Å². The molecule has 4 rings (SSSR count). The minimum Gasteiger partial charge on any atom is -0.497 e. The number of hydrogen-bond donors (Lipinski definition) is 0. The number of rotatable bonds is 2. The van der Waals surface area contributed by atoms with E-state index in [4.69, 9.17) is 9.47 Å². The summed E-state index contributed by atoms with van der Waals surface area (Å²) in [6.07, 6.45) is 0. The molecule has 1 aliphatic rings. The second-order valence-corrected chi connectivity index (χ2v) is 6.44. The third-order valence-corrected chi connectivity index (χ3v) is 5.41. The molecule has 22 heavy (non-hydrogen) atoms. The predicted molar refractivity (Wildman–Crippen MR) is 91.0 cm³/mol. The van der Waals surface area contributed by atoms with Crippen molar-refractivity contribution in [2.75, 3.05) is 14.2 Å². The summed E-state index contributed by atoms with van der Waals surface area (Å²) in [6.45, 7) is 0. The molecule has 0 radical (unpaired) electrons. The highest BCUT2D eigenvalue weighted by Crippen LogP contribution is 2.46. The molecule has 0 amide bonds. The first-order valence-corrected chi connectivity index (χ1v) is 8.18. The zero-order chi connectivity index (χ0) is 15.3. The van der Waals surface area contributed by atoms with Crippen molar-refractivity contribution in [3.8, 4) is 22.8 Å². The minimum absolute atomic E-state index is 0.909. The maximum atomic E-state index is 5.39. The van der Waals surface area contributed by atoms with Gasteiger partial charge in [0.25, 0.3) is 0 Å². The molecule has 3 nitrogen and oxygen atoms in total. The van der Waals surface area contributed by atoms with Gasteiger partial charge in [0, 0.05) is 34.2 Å². The molecule has 0 saturated heterocycles. The van der Waals surface area contributed by atoms with Crippen LogP contribution in [0.15, 0.2) is 41.3 Å². The van der Waals surface area contributed by atoms with E-state index in [9.17, 15) is 0 Å². The van der Waals surface area contributed by atoms with Crippen molar-refractivity contribution in [2.24, 2.45) is 7.05 Å². The van der Waals surface area contributed by atoms with Gasteiger partial charge in [0.1, 0.15) is 11.5 Å². The number of fused-ring (bicyclic) bond motifs is 5. The molecule has 0 spiro atoms. The third-order valence-electron chi connectivity index (χ3n) is 4.33. The summed E-state index contributed by atoms with van der Waals surface area (Å²) in [5.41, 5.74) is 5.22. The van der Waals surface area contributed by atoms with E-state index in [-0.39, 0.29) is 0 Å². The van der Waals surface area contributed by atoms with E-state index < -0.39 is 0 Å². The van der Waals surface area contributed by atoms with Crippen LogP contribution in [0.4, 0.5) is 0 Å². The highest BCUT2D eigenvalue weighted by molar-refractivity contribution is 7.98. The summed E-state index contributed by atoms with van der Waals surface area (Å²) in [7, 11) is 5.56. The van der Waals surface area contributed by atoms with Crippen molar-refractivity contribution in [3.63, 3.8) is 0 Å². The van der Waals surface area contributed by atoms with E-state index in [0.29, 0.717) is 0 Å². The van der Waals surface area contributed by atoms with Crippen molar-refractivity contribution in [1.29, 1.82) is 0 Å². The molecule has 1 aliphatic heterocycles. The number of methoxy groups -OCH3 is 2. The molecule has 1 aromatic heterocycles. The molecule has 0 saturated carbocycles. The minimum atomic E-state index is 0.909. The molecule has 0 bridgehead atoms. The molecule has 3 aromatic rings. The van der Waals surface area contributed by atoms with Gasteiger partial charge in [0.05, 0.1) is 19.9 Å². The number of aryl methyl sites for hydroxylation is 1. The fraction of sp³-hybridized carbons (Fsp3) is 0.222. The lowest BCUT2D eigenvalue weighted by atomic mass is 10.1. The zero-order valence-electron chi connectivity index (χ0n) is 12.8. The van der Waals surface area contributed by atoms with Gasteiger partial charge in [-0.2, -0.15) is 0 Å². The van der Waals surface area contributed by atoms with Crippen LogP contribution >= 0.6 is 11.8 Å². The van der Waals surface area contributed by atoms with E-state index in [1.807, 2.05) is 23.9 Å². The number of benzene rings is 2. The Morgan fingerprint density at radius 3 is 2.50 bits per heavy atom. The summed E-state index contributed by atoms with van der Waals surface area (Å²) in [6, 6.07) is 12.6. The summed E-state index contributed by atoms with van der Waals surface area (Å²) in [5.74, 6) is 2.79. The quantitative estimate of drug-likeness (QED) is 0.697. The van der Waals surface area contributed by atoms with Gasteiger partial charge in [-0.15, -0.1) is 11.8 Å². The van der Waals surface area contributed by atoms with Crippen molar-refractivity contribution in [2.45, 2.75) is 10.6 Å². The normalized spacial score (nSPS) is 12.9. The smallest absolute Gasteiger partial charge is 0.120 e. The number of nitrogens with zero attached hydrogens (tertiary/aromatic N) is 1. The van der Waals surface area contributed by atoms with Crippen LogP contribution in [0.3, 0.4) is 0 Å².